The molecule has 2 aromatic rings. The number of Topliss-reactive ketones (excluding diaryl/α,β-unsaturated/α-hetero) is 1. The van der Waals surface area contributed by atoms with Crippen molar-refractivity contribution >= 4 is 23.4 Å². The average molecular weight is 400 g/mol. The van der Waals surface area contributed by atoms with E-state index in [0.29, 0.717) is 5.02 Å². The van der Waals surface area contributed by atoms with Crippen LogP contribution in [0.25, 0.3) is 0 Å². The summed E-state index contributed by atoms with van der Waals surface area (Å²) in [5.74, 6) is -3.13. The fraction of sp³-hybridized carbons (Fsp3) is 0.235. The number of aliphatic hydroxyl groups is 1. The van der Waals surface area contributed by atoms with Crippen LogP contribution in [0.2, 0.25) is 5.02 Å². The third-order valence-electron chi connectivity index (χ3n) is 4.26. The molecule has 1 fully saturated rings. The lowest BCUT2D eigenvalue weighted by Gasteiger charge is -2.45. The van der Waals surface area contributed by atoms with Crippen molar-refractivity contribution in [3.8, 4) is 0 Å². The van der Waals surface area contributed by atoms with E-state index >= 15 is 0 Å². The third-order valence-corrected chi connectivity index (χ3v) is 4.52. The van der Waals surface area contributed by atoms with E-state index in [2.05, 4.69) is 10.3 Å². The SMILES string of the molecule is O=C1N[C@@H](c2ccc(Cl)cc2)[C@H](C(=O)c2cccnc2)[C@](O)(C(F)(F)F)N1. The fourth-order valence-corrected chi connectivity index (χ4v) is 3.10. The Balaban J connectivity index is 2.15. The predicted molar refractivity (Wildman–Crippen MR) is 88.9 cm³/mol. The molecule has 0 unspecified atom stereocenters. The zero-order chi connectivity index (χ0) is 19.8. The number of carbonyl (C=O) groups is 2. The highest BCUT2D eigenvalue weighted by molar-refractivity contribution is 6.30. The summed E-state index contributed by atoms with van der Waals surface area (Å²) in [6.45, 7) is 0. The number of hydrogen-bond acceptors (Lipinski definition) is 4. The molecule has 142 valence electrons. The lowest BCUT2D eigenvalue weighted by Crippen LogP contribution is -2.72. The van der Waals surface area contributed by atoms with Gasteiger partial charge < -0.3 is 15.7 Å². The fourth-order valence-electron chi connectivity index (χ4n) is 2.97. The molecule has 0 aliphatic carbocycles. The smallest absolute Gasteiger partial charge is 0.363 e. The van der Waals surface area contributed by atoms with Gasteiger partial charge >= 0.3 is 12.2 Å². The van der Waals surface area contributed by atoms with Crippen molar-refractivity contribution in [1.29, 1.82) is 0 Å². The van der Waals surface area contributed by atoms with Gasteiger partial charge in [0, 0.05) is 23.0 Å². The molecule has 1 saturated heterocycles. The van der Waals surface area contributed by atoms with Crippen LogP contribution >= 0.6 is 11.6 Å². The maximum absolute atomic E-state index is 13.7. The molecular formula is C17H13ClF3N3O3. The third kappa shape index (κ3) is 3.47. The Hall–Kier alpha value is -2.65. The summed E-state index contributed by atoms with van der Waals surface area (Å²) in [5, 5.41) is 14.5. The van der Waals surface area contributed by atoms with E-state index in [9.17, 15) is 27.9 Å². The lowest BCUT2D eigenvalue weighted by atomic mass is 9.77. The Kier molecular flexibility index (Phi) is 4.83. The maximum Gasteiger partial charge on any atom is 0.437 e. The highest BCUT2D eigenvalue weighted by Crippen LogP contribution is 2.43. The van der Waals surface area contributed by atoms with Crippen molar-refractivity contribution in [3.05, 3.63) is 64.9 Å². The van der Waals surface area contributed by atoms with E-state index in [0.717, 1.165) is 6.20 Å². The van der Waals surface area contributed by atoms with E-state index in [1.165, 1.54) is 47.9 Å². The number of hydrogen-bond donors (Lipinski definition) is 3. The summed E-state index contributed by atoms with van der Waals surface area (Å²) < 4.78 is 41.1. The first kappa shape index (κ1) is 19.1. The number of amides is 2. The minimum absolute atomic E-state index is 0.137. The summed E-state index contributed by atoms with van der Waals surface area (Å²) in [7, 11) is 0. The van der Waals surface area contributed by atoms with Gasteiger partial charge in [-0.25, -0.2) is 4.79 Å². The van der Waals surface area contributed by atoms with Gasteiger partial charge in [-0.1, -0.05) is 23.7 Å². The number of pyridine rings is 1. The minimum atomic E-state index is -5.31. The molecule has 1 aliphatic heterocycles. The van der Waals surface area contributed by atoms with Crippen LogP contribution in [0.15, 0.2) is 48.8 Å². The molecule has 1 aromatic carbocycles. The van der Waals surface area contributed by atoms with Gasteiger partial charge in [-0.2, -0.15) is 13.2 Å². The number of alkyl halides is 3. The second kappa shape index (κ2) is 6.82. The summed E-state index contributed by atoms with van der Waals surface area (Å²) in [5.41, 5.74) is -3.73. The molecule has 2 heterocycles. The number of carbonyl (C=O) groups excluding carboxylic acids is 2. The highest BCUT2D eigenvalue weighted by atomic mass is 35.5. The number of ketones is 1. The van der Waals surface area contributed by atoms with Gasteiger partial charge in [0.1, 0.15) is 5.92 Å². The van der Waals surface area contributed by atoms with Crippen LogP contribution in [0.5, 0.6) is 0 Å². The Morgan fingerprint density at radius 2 is 1.89 bits per heavy atom. The monoisotopic (exact) mass is 399 g/mol. The first-order valence-corrected chi connectivity index (χ1v) is 8.09. The molecule has 0 bridgehead atoms. The first-order chi connectivity index (χ1) is 12.6. The minimum Gasteiger partial charge on any atom is -0.363 e. The van der Waals surface area contributed by atoms with Crippen LogP contribution in [-0.2, 0) is 0 Å². The number of halogens is 4. The molecule has 27 heavy (non-hydrogen) atoms. The Bertz CT molecular complexity index is 861. The number of aromatic nitrogens is 1. The molecule has 2 amide bonds. The number of rotatable bonds is 3. The van der Waals surface area contributed by atoms with Gasteiger partial charge in [0.15, 0.2) is 5.78 Å². The van der Waals surface area contributed by atoms with E-state index in [1.807, 2.05) is 0 Å². The van der Waals surface area contributed by atoms with Gasteiger partial charge in [-0.05, 0) is 29.8 Å². The van der Waals surface area contributed by atoms with Gasteiger partial charge in [0.2, 0.25) is 5.72 Å². The summed E-state index contributed by atoms with van der Waals surface area (Å²) >= 11 is 5.80. The number of nitrogens with zero attached hydrogens (tertiary/aromatic N) is 1. The van der Waals surface area contributed by atoms with E-state index in [-0.39, 0.29) is 11.1 Å². The molecule has 3 rings (SSSR count). The number of urea groups is 1. The molecule has 3 atom stereocenters. The first-order valence-electron chi connectivity index (χ1n) is 7.71. The van der Waals surface area contributed by atoms with E-state index in [4.69, 9.17) is 11.6 Å². The molecule has 1 aromatic heterocycles. The zero-order valence-electron chi connectivity index (χ0n) is 13.5. The normalized spacial score (nSPS) is 25.4. The molecule has 0 saturated carbocycles. The Morgan fingerprint density at radius 1 is 1.22 bits per heavy atom. The largest absolute Gasteiger partial charge is 0.437 e. The molecule has 3 N–H and O–H groups in total. The molecule has 6 nitrogen and oxygen atoms in total. The predicted octanol–water partition coefficient (Wildman–Crippen LogP) is 2.84. The van der Waals surface area contributed by atoms with Crippen molar-refractivity contribution in [2.24, 2.45) is 5.92 Å². The van der Waals surface area contributed by atoms with E-state index in [1.54, 1.807) is 0 Å². The van der Waals surface area contributed by atoms with Crippen molar-refractivity contribution in [1.82, 2.24) is 15.6 Å². The summed E-state index contributed by atoms with van der Waals surface area (Å²) in [4.78, 5) is 28.5. The lowest BCUT2D eigenvalue weighted by molar-refractivity contribution is -0.287. The molecular weight excluding hydrogens is 387 g/mol. The van der Waals surface area contributed by atoms with Crippen LogP contribution in [-0.4, -0.2) is 33.8 Å². The Morgan fingerprint density at radius 3 is 2.44 bits per heavy atom. The Labute approximate surface area is 156 Å². The molecule has 0 radical (unpaired) electrons. The van der Waals surface area contributed by atoms with Crippen LogP contribution in [0, 0.1) is 5.92 Å². The van der Waals surface area contributed by atoms with Crippen molar-refractivity contribution in [2.75, 3.05) is 0 Å². The topological polar surface area (TPSA) is 91.3 Å². The molecule has 10 heteroatoms. The van der Waals surface area contributed by atoms with Gasteiger partial charge in [-0.15, -0.1) is 0 Å². The van der Waals surface area contributed by atoms with Crippen LogP contribution in [0.3, 0.4) is 0 Å². The average Bonchev–Trinajstić information content (AvgIpc) is 2.61. The van der Waals surface area contributed by atoms with Crippen LogP contribution in [0.1, 0.15) is 22.0 Å². The summed E-state index contributed by atoms with van der Waals surface area (Å²) in [6.07, 6.45) is -2.86. The van der Waals surface area contributed by atoms with Crippen molar-refractivity contribution < 1.29 is 27.9 Å². The highest BCUT2D eigenvalue weighted by Gasteiger charge is 2.66. The molecule has 0 spiro atoms. The van der Waals surface area contributed by atoms with Crippen molar-refractivity contribution in [3.63, 3.8) is 0 Å². The zero-order valence-corrected chi connectivity index (χ0v) is 14.3. The second-order valence-electron chi connectivity index (χ2n) is 5.98. The molecule has 1 aliphatic rings. The van der Waals surface area contributed by atoms with Crippen LogP contribution < -0.4 is 10.6 Å². The van der Waals surface area contributed by atoms with Crippen molar-refractivity contribution in [2.45, 2.75) is 17.9 Å². The second-order valence-corrected chi connectivity index (χ2v) is 6.41. The number of nitrogens with one attached hydrogen (secondary N) is 2. The van der Waals surface area contributed by atoms with E-state index < -0.39 is 35.7 Å². The van der Waals surface area contributed by atoms with Crippen LogP contribution in [0.4, 0.5) is 18.0 Å². The summed E-state index contributed by atoms with van der Waals surface area (Å²) in [6, 6.07) is 5.51. The number of benzene rings is 1. The van der Waals surface area contributed by atoms with Gasteiger partial charge in [-0.3, -0.25) is 9.78 Å². The quantitative estimate of drug-likeness (QED) is 0.692. The maximum atomic E-state index is 13.7. The standard InChI is InChI=1S/C17H13ClF3N3O3/c18-11-5-3-9(4-6-11)13-12(14(25)10-2-1-7-22-8-10)16(27,17(19,20)21)24-15(26)23-13/h1-8,12-13,27H,(H2,23,24,26)/t12-,13+,16+/m1/s1. The van der Waals surface area contributed by atoms with Gasteiger partial charge in [0.25, 0.3) is 0 Å². The van der Waals surface area contributed by atoms with Gasteiger partial charge in [0.05, 0.1) is 6.04 Å².